The smallest absolute Gasteiger partial charge is 0.215 e. The Bertz CT molecular complexity index is 724. The van der Waals surface area contributed by atoms with Crippen molar-refractivity contribution in [3.8, 4) is 5.13 Å². The molecule has 5 heteroatoms. The van der Waals surface area contributed by atoms with E-state index in [4.69, 9.17) is 0 Å². The first kappa shape index (κ1) is 10.2. The summed E-state index contributed by atoms with van der Waals surface area (Å²) in [6.45, 7) is 2.01. The molecular weight excluding hydrogens is 244 g/mol. The predicted octanol–water partition coefficient (Wildman–Crippen LogP) is 3.06. The van der Waals surface area contributed by atoms with E-state index in [1.807, 2.05) is 25.1 Å². The van der Waals surface area contributed by atoms with Gasteiger partial charge in [0, 0.05) is 17.5 Å². The highest BCUT2D eigenvalue weighted by Crippen LogP contribution is 2.39. The monoisotopic (exact) mass is 256 g/mol. The highest BCUT2D eigenvalue weighted by molar-refractivity contribution is 7.08. The van der Waals surface area contributed by atoms with Gasteiger partial charge in [0.15, 0.2) is 0 Å². The quantitative estimate of drug-likeness (QED) is 0.707. The summed E-state index contributed by atoms with van der Waals surface area (Å²) in [6.07, 6.45) is 2.47. The summed E-state index contributed by atoms with van der Waals surface area (Å²) in [7, 11) is 0. The van der Waals surface area contributed by atoms with Crippen molar-refractivity contribution >= 4 is 22.6 Å². The maximum absolute atomic E-state index is 4.66. The minimum atomic E-state index is 0.602. The van der Waals surface area contributed by atoms with Crippen LogP contribution >= 0.6 is 11.5 Å². The van der Waals surface area contributed by atoms with Gasteiger partial charge in [-0.05, 0) is 31.9 Å². The number of hydrogen-bond acceptors (Lipinski definition) is 4. The fourth-order valence-electron chi connectivity index (χ4n) is 2.21. The van der Waals surface area contributed by atoms with Crippen molar-refractivity contribution in [2.75, 3.05) is 0 Å². The number of benzene rings is 1. The van der Waals surface area contributed by atoms with Crippen molar-refractivity contribution in [3.05, 3.63) is 35.9 Å². The van der Waals surface area contributed by atoms with Gasteiger partial charge in [-0.2, -0.15) is 4.37 Å². The topological polar surface area (TPSA) is 43.6 Å². The number of para-hydroxylation sites is 2. The number of imidazole rings is 1. The summed E-state index contributed by atoms with van der Waals surface area (Å²) in [5.41, 5.74) is 2.12. The molecule has 90 valence electrons. The lowest BCUT2D eigenvalue weighted by Gasteiger charge is -2.00. The van der Waals surface area contributed by atoms with E-state index < -0.39 is 0 Å². The second-order valence-corrected chi connectivity index (χ2v) is 5.42. The van der Waals surface area contributed by atoms with E-state index >= 15 is 0 Å². The highest BCUT2D eigenvalue weighted by Gasteiger charge is 2.28. The van der Waals surface area contributed by atoms with Gasteiger partial charge in [-0.15, -0.1) is 0 Å². The van der Waals surface area contributed by atoms with Gasteiger partial charge in [-0.25, -0.2) is 9.97 Å². The third kappa shape index (κ3) is 1.47. The molecule has 3 aromatic rings. The molecule has 1 aliphatic carbocycles. The van der Waals surface area contributed by atoms with E-state index in [2.05, 4.69) is 25.0 Å². The Kier molecular flexibility index (Phi) is 2.05. The van der Waals surface area contributed by atoms with Crippen molar-refractivity contribution in [2.45, 2.75) is 25.7 Å². The molecule has 0 aliphatic heterocycles. The van der Waals surface area contributed by atoms with Gasteiger partial charge in [0.1, 0.15) is 11.6 Å². The van der Waals surface area contributed by atoms with Crippen LogP contribution in [0.2, 0.25) is 0 Å². The van der Waals surface area contributed by atoms with Crippen molar-refractivity contribution in [3.63, 3.8) is 0 Å². The Morgan fingerprint density at radius 3 is 2.89 bits per heavy atom. The van der Waals surface area contributed by atoms with Gasteiger partial charge in [-0.1, -0.05) is 12.1 Å². The molecule has 1 aromatic carbocycles. The van der Waals surface area contributed by atoms with E-state index in [9.17, 15) is 0 Å². The third-order valence-corrected chi connectivity index (χ3v) is 4.01. The van der Waals surface area contributed by atoms with Gasteiger partial charge < -0.3 is 0 Å². The molecule has 0 amide bonds. The molecule has 0 spiro atoms. The largest absolute Gasteiger partial charge is 0.271 e. The third-order valence-electron chi connectivity index (χ3n) is 3.29. The van der Waals surface area contributed by atoms with Gasteiger partial charge >= 0.3 is 0 Å². The van der Waals surface area contributed by atoms with Gasteiger partial charge in [0.25, 0.3) is 0 Å². The maximum atomic E-state index is 4.66. The summed E-state index contributed by atoms with van der Waals surface area (Å²) in [5, 5.41) is 0.933. The van der Waals surface area contributed by atoms with Crippen LogP contribution in [0.5, 0.6) is 0 Å². The number of aromatic nitrogens is 4. The minimum Gasteiger partial charge on any atom is -0.271 e. The molecule has 2 heterocycles. The lowest BCUT2D eigenvalue weighted by atomic mass is 10.3. The van der Waals surface area contributed by atoms with Crippen LogP contribution in [0.1, 0.15) is 30.4 Å². The number of hydrogen-bond donors (Lipinski definition) is 0. The summed E-state index contributed by atoms with van der Waals surface area (Å²) in [6, 6.07) is 8.15. The Labute approximate surface area is 108 Å². The van der Waals surface area contributed by atoms with E-state index in [1.165, 1.54) is 24.4 Å². The molecule has 4 rings (SSSR count). The SMILES string of the molecule is Cc1nc2ccccc2n1-c1nc(C2CC2)ns1. The van der Waals surface area contributed by atoms with Crippen molar-refractivity contribution in [1.82, 2.24) is 18.9 Å². The molecule has 0 saturated heterocycles. The molecule has 1 fully saturated rings. The zero-order valence-electron chi connectivity index (χ0n) is 10.00. The van der Waals surface area contributed by atoms with Crippen LogP contribution in [-0.4, -0.2) is 18.9 Å². The molecule has 0 radical (unpaired) electrons. The van der Waals surface area contributed by atoms with Crippen molar-refractivity contribution in [2.24, 2.45) is 0 Å². The molecule has 0 unspecified atom stereocenters. The predicted molar refractivity (Wildman–Crippen MR) is 71.2 cm³/mol. The Morgan fingerprint density at radius 2 is 2.06 bits per heavy atom. The molecular formula is C13H12N4S. The molecule has 1 aliphatic rings. The molecule has 0 atom stereocenters. The normalized spacial score (nSPS) is 15.4. The highest BCUT2D eigenvalue weighted by atomic mass is 32.1. The van der Waals surface area contributed by atoms with E-state index in [0.717, 1.165) is 27.8 Å². The second-order valence-electron chi connectivity index (χ2n) is 4.69. The Hall–Kier alpha value is -1.75. The van der Waals surface area contributed by atoms with Crippen LogP contribution in [0, 0.1) is 6.92 Å². The lowest BCUT2D eigenvalue weighted by molar-refractivity contribution is 0.932. The first-order valence-electron chi connectivity index (χ1n) is 6.11. The van der Waals surface area contributed by atoms with Gasteiger partial charge in [0.2, 0.25) is 5.13 Å². The number of aryl methyl sites for hydroxylation is 1. The molecule has 4 nitrogen and oxygen atoms in total. The number of rotatable bonds is 2. The van der Waals surface area contributed by atoms with Crippen molar-refractivity contribution < 1.29 is 0 Å². The fraction of sp³-hybridized carbons (Fsp3) is 0.308. The molecule has 0 bridgehead atoms. The standard InChI is InChI=1S/C13H12N4S/c1-8-14-10-4-2-3-5-11(10)17(8)13-15-12(16-18-13)9-6-7-9/h2-5,9H,6-7H2,1H3. The zero-order chi connectivity index (χ0) is 12.1. The van der Waals surface area contributed by atoms with Crippen LogP contribution in [-0.2, 0) is 0 Å². The minimum absolute atomic E-state index is 0.602. The van der Waals surface area contributed by atoms with Crippen molar-refractivity contribution in [1.29, 1.82) is 0 Å². The Morgan fingerprint density at radius 1 is 1.22 bits per heavy atom. The lowest BCUT2D eigenvalue weighted by Crippen LogP contribution is -1.96. The average Bonchev–Trinajstić information content (AvgIpc) is 3.01. The summed E-state index contributed by atoms with van der Waals surface area (Å²) >= 11 is 1.47. The van der Waals surface area contributed by atoms with Crippen LogP contribution in [0.4, 0.5) is 0 Å². The summed E-state index contributed by atoms with van der Waals surface area (Å²) < 4.78 is 6.56. The number of fused-ring (bicyclic) bond motifs is 1. The number of nitrogens with zero attached hydrogens (tertiary/aromatic N) is 4. The molecule has 18 heavy (non-hydrogen) atoms. The van der Waals surface area contributed by atoms with E-state index in [-0.39, 0.29) is 0 Å². The summed E-state index contributed by atoms with van der Waals surface area (Å²) in [4.78, 5) is 9.22. The Balaban J connectivity index is 1.91. The van der Waals surface area contributed by atoms with Crippen LogP contribution in [0.25, 0.3) is 16.2 Å². The summed E-state index contributed by atoms with van der Waals surface area (Å²) in [5.74, 6) is 2.58. The molecule has 0 N–H and O–H groups in total. The van der Waals surface area contributed by atoms with Gasteiger partial charge in [-0.3, -0.25) is 4.57 Å². The molecule has 2 aromatic heterocycles. The fourth-order valence-corrected chi connectivity index (χ4v) is 3.02. The first-order valence-corrected chi connectivity index (χ1v) is 6.88. The maximum Gasteiger partial charge on any atom is 0.215 e. The molecule has 1 saturated carbocycles. The van der Waals surface area contributed by atoms with E-state index in [1.54, 1.807) is 0 Å². The van der Waals surface area contributed by atoms with E-state index in [0.29, 0.717) is 5.92 Å². The van der Waals surface area contributed by atoms with Crippen LogP contribution in [0.15, 0.2) is 24.3 Å². The first-order chi connectivity index (χ1) is 8.83. The zero-order valence-corrected chi connectivity index (χ0v) is 10.8. The second kappa shape index (κ2) is 3.62. The van der Waals surface area contributed by atoms with Crippen LogP contribution < -0.4 is 0 Å². The average molecular weight is 256 g/mol. The van der Waals surface area contributed by atoms with Crippen LogP contribution in [0.3, 0.4) is 0 Å². The van der Waals surface area contributed by atoms with Gasteiger partial charge in [0.05, 0.1) is 11.0 Å².